The van der Waals surface area contributed by atoms with Gasteiger partial charge in [0, 0.05) is 26.1 Å². The molecule has 0 aliphatic carbocycles. The highest BCUT2D eigenvalue weighted by atomic mass is 16.6. The summed E-state index contributed by atoms with van der Waals surface area (Å²) in [6, 6.07) is 5.23. The Balaban J connectivity index is 1.73. The molecule has 1 aromatic heterocycles. The summed E-state index contributed by atoms with van der Waals surface area (Å²) < 4.78 is 15.2. The van der Waals surface area contributed by atoms with Crippen LogP contribution in [0.15, 0.2) is 22.8 Å². The fraction of sp³-hybridized carbons (Fsp3) is 0.444. The van der Waals surface area contributed by atoms with E-state index in [9.17, 15) is 9.59 Å². The lowest BCUT2D eigenvalue weighted by Crippen LogP contribution is -2.34. The van der Waals surface area contributed by atoms with Crippen LogP contribution in [0.3, 0.4) is 0 Å². The van der Waals surface area contributed by atoms with Crippen molar-refractivity contribution < 1.29 is 23.7 Å². The van der Waals surface area contributed by atoms with E-state index >= 15 is 0 Å². The molecule has 1 fully saturated rings. The summed E-state index contributed by atoms with van der Waals surface area (Å²) in [6.45, 7) is 2.34. The van der Waals surface area contributed by atoms with Crippen LogP contribution in [0.1, 0.15) is 17.8 Å². The van der Waals surface area contributed by atoms with Gasteiger partial charge in [-0.1, -0.05) is 10.3 Å². The van der Waals surface area contributed by atoms with E-state index < -0.39 is 5.92 Å². The molecule has 1 atom stereocenters. The van der Waals surface area contributed by atoms with Crippen molar-refractivity contribution in [2.45, 2.75) is 19.9 Å². The average molecular weight is 374 g/mol. The number of rotatable bonds is 6. The predicted molar refractivity (Wildman–Crippen MR) is 95.5 cm³/mol. The molecule has 3 rings (SSSR count). The number of hydrogen-bond acceptors (Lipinski definition) is 7. The molecule has 0 radical (unpaired) electrons. The highest BCUT2D eigenvalue weighted by Gasteiger charge is 2.37. The van der Waals surface area contributed by atoms with Gasteiger partial charge in [0.1, 0.15) is 22.9 Å². The fourth-order valence-electron chi connectivity index (χ4n) is 3.12. The first kappa shape index (κ1) is 18.7. The summed E-state index contributed by atoms with van der Waals surface area (Å²) in [7, 11) is 4.77. The maximum Gasteiger partial charge on any atom is 0.228 e. The second-order valence-electron chi connectivity index (χ2n) is 6.43. The van der Waals surface area contributed by atoms with Crippen LogP contribution in [0.4, 0.5) is 5.69 Å². The molecule has 1 aliphatic rings. The third-order valence-electron chi connectivity index (χ3n) is 4.66. The van der Waals surface area contributed by atoms with Crippen molar-refractivity contribution in [2.75, 3.05) is 32.7 Å². The first-order valence-corrected chi connectivity index (χ1v) is 8.50. The second-order valence-corrected chi connectivity index (χ2v) is 6.43. The van der Waals surface area contributed by atoms with Gasteiger partial charge >= 0.3 is 0 Å². The SMILES string of the molecule is COc1ccc(N2C[C@H](C(=O)N(C)Cc3nonc3C)CC2=O)c(OC)c1. The number of anilines is 1. The molecule has 9 nitrogen and oxygen atoms in total. The van der Waals surface area contributed by atoms with Crippen molar-refractivity contribution in [3.05, 3.63) is 29.6 Å². The zero-order valence-electron chi connectivity index (χ0n) is 15.8. The molecule has 0 N–H and O–H groups in total. The Labute approximate surface area is 156 Å². The molecule has 2 amide bonds. The molecule has 9 heteroatoms. The van der Waals surface area contributed by atoms with Gasteiger partial charge in [0.25, 0.3) is 0 Å². The largest absolute Gasteiger partial charge is 0.497 e. The number of hydrogen-bond donors (Lipinski definition) is 0. The molecule has 27 heavy (non-hydrogen) atoms. The molecule has 2 aromatic rings. The number of carbonyl (C=O) groups excluding carboxylic acids is 2. The lowest BCUT2D eigenvalue weighted by atomic mass is 10.1. The molecule has 0 bridgehead atoms. The maximum absolute atomic E-state index is 12.8. The van der Waals surface area contributed by atoms with Gasteiger partial charge in [-0.25, -0.2) is 4.63 Å². The number of amides is 2. The smallest absolute Gasteiger partial charge is 0.228 e. The molecule has 144 valence electrons. The summed E-state index contributed by atoms with van der Waals surface area (Å²) in [5.41, 5.74) is 1.86. The summed E-state index contributed by atoms with van der Waals surface area (Å²) in [5.74, 6) is 0.472. The number of carbonyl (C=O) groups is 2. The molecule has 1 saturated heterocycles. The zero-order valence-corrected chi connectivity index (χ0v) is 15.8. The topological polar surface area (TPSA) is 98.0 Å². The van der Waals surface area contributed by atoms with E-state index in [1.165, 1.54) is 7.11 Å². The van der Waals surface area contributed by atoms with Crippen LogP contribution in [0.5, 0.6) is 11.5 Å². The van der Waals surface area contributed by atoms with Crippen molar-refractivity contribution in [3.8, 4) is 11.5 Å². The van der Waals surface area contributed by atoms with E-state index in [2.05, 4.69) is 14.9 Å². The Hall–Kier alpha value is -3.10. The van der Waals surface area contributed by atoms with E-state index in [4.69, 9.17) is 9.47 Å². The molecule has 1 aromatic carbocycles. The molecular weight excluding hydrogens is 352 g/mol. The Morgan fingerprint density at radius 3 is 2.74 bits per heavy atom. The normalized spacial score (nSPS) is 16.5. The minimum atomic E-state index is -0.436. The number of nitrogens with zero attached hydrogens (tertiary/aromatic N) is 4. The Bertz CT molecular complexity index is 850. The third kappa shape index (κ3) is 3.71. The predicted octanol–water partition coefficient (Wildman–Crippen LogP) is 1.41. The van der Waals surface area contributed by atoms with Gasteiger partial charge < -0.3 is 19.3 Å². The Kier molecular flexibility index (Phi) is 5.29. The van der Waals surface area contributed by atoms with Crippen LogP contribution < -0.4 is 14.4 Å². The first-order chi connectivity index (χ1) is 12.9. The van der Waals surface area contributed by atoms with Gasteiger partial charge in [-0.3, -0.25) is 9.59 Å². The second kappa shape index (κ2) is 7.65. The molecule has 2 heterocycles. The fourth-order valence-corrected chi connectivity index (χ4v) is 3.12. The summed E-state index contributed by atoms with van der Waals surface area (Å²) in [4.78, 5) is 28.4. The van der Waals surface area contributed by atoms with Gasteiger partial charge in [0.05, 0.1) is 32.4 Å². The minimum Gasteiger partial charge on any atom is -0.497 e. The number of aromatic nitrogens is 2. The van der Waals surface area contributed by atoms with E-state index in [1.807, 2.05) is 0 Å². The van der Waals surface area contributed by atoms with Gasteiger partial charge in [0.15, 0.2) is 0 Å². The van der Waals surface area contributed by atoms with Crippen molar-refractivity contribution in [1.82, 2.24) is 15.2 Å². The van der Waals surface area contributed by atoms with Crippen molar-refractivity contribution in [3.63, 3.8) is 0 Å². The summed E-state index contributed by atoms with van der Waals surface area (Å²) >= 11 is 0. The van der Waals surface area contributed by atoms with Crippen LogP contribution in [0, 0.1) is 12.8 Å². The van der Waals surface area contributed by atoms with Crippen molar-refractivity contribution in [2.24, 2.45) is 5.92 Å². The summed E-state index contributed by atoms with van der Waals surface area (Å²) in [6.07, 6.45) is 0.147. The van der Waals surface area contributed by atoms with Gasteiger partial charge in [-0.15, -0.1) is 0 Å². The number of benzene rings is 1. The zero-order chi connectivity index (χ0) is 19.6. The van der Waals surface area contributed by atoms with Crippen LogP contribution >= 0.6 is 0 Å². The molecule has 0 spiro atoms. The molecule has 0 unspecified atom stereocenters. The van der Waals surface area contributed by atoms with Crippen LogP contribution in [-0.4, -0.2) is 54.8 Å². The van der Waals surface area contributed by atoms with Gasteiger partial charge in [0.2, 0.25) is 11.8 Å². The van der Waals surface area contributed by atoms with Crippen LogP contribution in [0.2, 0.25) is 0 Å². The number of methoxy groups -OCH3 is 2. The van der Waals surface area contributed by atoms with E-state index in [0.717, 1.165) is 0 Å². The molecular formula is C18H22N4O5. The van der Waals surface area contributed by atoms with Crippen molar-refractivity contribution in [1.29, 1.82) is 0 Å². The number of ether oxygens (including phenoxy) is 2. The minimum absolute atomic E-state index is 0.121. The standard InChI is InChI=1S/C18H22N4O5/c1-11-14(20-27-19-11)10-21(2)18(24)12-7-17(23)22(9-12)15-6-5-13(25-3)8-16(15)26-4/h5-6,8,12H,7,9-10H2,1-4H3/t12-/m1/s1. The van der Waals surface area contributed by atoms with Crippen molar-refractivity contribution >= 4 is 17.5 Å². The lowest BCUT2D eigenvalue weighted by Gasteiger charge is -2.22. The lowest BCUT2D eigenvalue weighted by molar-refractivity contribution is -0.135. The average Bonchev–Trinajstić information content (AvgIpc) is 3.26. The Morgan fingerprint density at radius 1 is 1.33 bits per heavy atom. The molecule has 1 aliphatic heterocycles. The maximum atomic E-state index is 12.8. The van der Waals surface area contributed by atoms with E-state index in [0.29, 0.717) is 35.1 Å². The highest BCUT2D eigenvalue weighted by molar-refractivity contribution is 6.01. The summed E-state index contributed by atoms with van der Waals surface area (Å²) in [5, 5.41) is 7.51. The van der Waals surface area contributed by atoms with Crippen LogP contribution in [0.25, 0.3) is 0 Å². The number of aryl methyl sites for hydroxylation is 1. The van der Waals surface area contributed by atoms with E-state index in [1.54, 1.807) is 49.1 Å². The van der Waals surface area contributed by atoms with Gasteiger partial charge in [-0.05, 0) is 19.1 Å². The van der Waals surface area contributed by atoms with Gasteiger partial charge in [-0.2, -0.15) is 0 Å². The molecule has 0 saturated carbocycles. The first-order valence-electron chi connectivity index (χ1n) is 8.50. The monoisotopic (exact) mass is 374 g/mol. The highest BCUT2D eigenvalue weighted by Crippen LogP contribution is 2.36. The van der Waals surface area contributed by atoms with Crippen LogP contribution in [-0.2, 0) is 16.1 Å². The quantitative estimate of drug-likeness (QED) is 0.754. The van der Waals surface area contributed by atoms with E-state index in [-0.39, 0.29) is 24.8 Å². The third-order valence-corrected chi connectivity index (χ3v) is 4.66. The Morgan fingerprint density at radius 2 is 2.11 bits per heavy atom.